The number of hydrogen-bond acceptors (Lipinski definition) is 3. The number of nitrogens with zero attached hydrogens (tertiary/aromatic N) is 1. The van der Waals surface area contributed by atoms with E-state index >= 15 is 0 Å². The molecule has 3 aromatic rings. The summed E-state index contributed by atoms with van der Waals surface area (Å²) in [5.74, 6) is 2.52. The molecule has 0 aliphatic heterocycles. The molecule has 1 N–H and O–H groups in total. The average Bonchev–Trinajstić information content (AvgIpc) is 3.12. The lowest BCUT2D eigenvalue weighted by Gasteiger charge is -2.21. The van der Waals surface area contributed by atoms with Crippen molar-refractivity contribution in [3.05, 3.63) is 55.0 Å². The molecule has 0 amide bonds. The highest BCUT2D eigenvalue weighted by Gasteiger charge is 2.12. The number of benzene rings is 2. The Kier molecular flexibility index (Phi) is 5.92. The largest absolute Gasteiger partial charge is 0.494 e. The fourth-order valence-corrected chi connectivity index (χ4v) is 3.73. The van der Waals surface area contributed by atoms with Gasteiger partial charge in [0.05, 0.1) is 17.6 Å². The van der Waals surface area contributed by atoms with Crippen LogP contribution in [0, 0.1) is 12.3 Å². The summed E-state index contributed by atoms with van der Waals surface area (Å²) < 4.78 is 11.6. The highest BCUT2D eigenvalue weighted by atomic mass is 16.5. The number of para-hydroxylation sites is 2. The van der Waals surface area contributed by atoms with E-state index in [-0.39, 0.29) is 0 Å². The maximum atomic E-state index is 5.84. The Morgan fingerprint density at radius 1 is 0.963 bits per heavy atom. The first-order valence-electron chi connectivity index (χ1n) is 10.0. The Hall–Kier alpha value is -2.49. The van der Waals surface area contributed by atoms with Crippen molar-refractivity contribution in [1.82, 2.24) is 9.97 Å². The lowest BCUT2D eigenvalue weighted by Crippen LogP contribution is -2.07. The lowest BCUT2D eigenvalue weighted by atomic mass is 9.86. The topological polar surface area (TPSA) is 47.1 Å². The summed E-state index contributed by atoms with van der Waals surface area (Å²) in [4.78, 5) is 7.59. The van der Waals surface area contributed by atoms with Crippen LogP contribution in [0.3, 0.4) is 0 Å². The van der Waals surface area contributed by atoms with Gasteiger partial charge in [0.2, 0.25) is 0 Å². The monoisotopic (exact) mass is 363 g/mol. The lowest BCUT2D eigenvalue weighted by molar-refractivity contribution is 0.307. The highest BCUT2D eigenvalue weighted by Crippen LogP contribution is 2.27. The van der Waals surface area contributed by atoms with Crippen LogP contribution in [-0.4, -0.2) is 16.6 Å². The third-order valence-corrected chi connectivity index (χ3v) is 5.22. The summed E-state index contributed by atoms with van der Waals surface area (Å²) in [6.07, 6.45) is 11.7. The van der Waals surface area contributed by atoms with E-state index in [1.807, 2.05) is 48.5 Å². The predicted molar refractivity (Wildman–Crippen MR) is 108 cm³/mol. The molecule has 1 fully saturated rings. The maximum absolute atomic E-state index is 5.84. The van der Waals surface area contributed by atoms with Gasteiger partial charge in [0.25, 0.3) is 6.01 Å². The fraction of sp³-hybridized carbons (Fsp3) is 0.391. The van der Waals surface area contributed by atoms with E-state index in [9.17, 15) is 0 Å². The molecule has 4 heteroatoms. The van der Waals surface area contributed by atoms with E-state index in [4.69, 9.17) is 9.47 Å². The second-order valence-electron chi connectivity index (χ2n) is 7.30. The maximum Gasteiger partial charge on any atom is 0.300 e. The molecule has 141 valence electrons. The molecular weight excluding hydrogens is 336 g/mol. The Morgan fingerprint density at radius 3 is 2.56 bits per heavy atom. The smallest absolute Gasteiger partial charge is 0.300 e. The number of aromatic amines is 1. The molecule has 1 aliphatic carbocycles. The summed E-state index contributed by atoms with van der Waals surface area (Å²) >= 11 is 0. The van der Waals surface area contributed by atoms with Crippen LogP contribution >= 0.6 is 0 Å². The van der Waals surface area contributed by atoms with Gasteiger partial charge in [-0.25, -0.2) is 0 Å². The molecule has 1 radical (unpaired) electrons. The second kappa shape index (κ2) is 8.94. The number of unbranched alkanes of at least 4 members (excludes halogenated alkanes) is 1. The first kappa shape index (κ1) is 17.9. The van der Waals surface area contributed by atoms with Gasteiger partial charge in [-0.2, -0.15) is 4.98 Å². The van der Waals surface area contributed by atoms with Crippen molar-refractivity contribution in [1.29, 1.82) is 0 Å². The van der Waals surface area contributed by atoms with Gasteiger partial charge in [-0.05, 0) is 61.6 Å². The van der Waals surface area contributed by atoms with Gasteiger partial charge >= 0.3 is 0 Å². The first-order chi connectivity index (χ1) is 13.4. The number of H-pyrrole nitrogens is 1. The molecule has 0 unspecified atom stereocenters. The van der Waals surface area contributed by atoms with Crippen molar-refractivity contribution >= 4 is 11.0 Å². The Balaban J connectivity index is 1.20. The van der Waals surface area contributed by atoms with Gasteiger partial charge in [0, 0.05) is 0 Å². The van der Waals surface area contributed by atoms with Gasteiger partial charge < -0.3 is 14.5 Å². The molecule has 0 spiro atoms. The number of ether oxygens (including phenoxy) is 2. The zero-order chi connectivity index (χ0) is 18.3. The van der Waals surface area contributed by atoms with Crippen LogP contribution in [0.4, 0.5) is 0 Å². The molecule has 0 bridgehead atoms. The standard InChI is InChI=1S/C23H27N2O2/c1-2-8-18(9-3-1)10-6-7-17-26-19-13-15-20(16-14-19)27-23-24-21-11-4-5-12-22(21)25-23/h4-6,11-16,18H,1-3,7-10,17H2,(H,24,25). The van der Waals surface area contributed by atoms with E-state index in [1.165, 1.54) is 38.5 Å². The molecule has 4 nitrogen and oxygen atoms in total. The summed E-state index contributed by atoms with van der Waals surface area (Å²) in [6.45, 7) is 0.733. The molecule has 1 heterocycles. The number of rotatable bonds is 8. The number of nitrogens with one attached hydrogen (secondary N) is 1. The van der Waals surface area contributed by atoms with Crippen LogP contribution in [0.1, 0.15) is 44.9 Å². The van der Waals surface area contributed by atoms with E-state index < -0.39 is 0 Å². The normalized spacial score (nSPS) is 15.1. The summed E-state index contributed by atoms with van der Waals surface area (Å²) in [5.41, 5.74) is 1.87. The Labute approximate surface area is 160 Å². The average molecular weight is 363 g/mol. The van der Waals surface area contributed by atoms with Crippen LogP contribution in [0.25, 0.3) is 11.0 Å². The second-order valence-corrected chi connectivity index (χ2v) is 7.30. The van der Waals surface area contributed by atoms with E-state index in [0.29, 0.717) is 6.01 Å². The van der Waals surface area contributed by atoms with Crippen molar-refractivity contribution in [2.75, 3.05) is 6.61 Å². The van der Waals surface area contributed by atoms with Crippen LogP contribution in [0.2, 0.25) is 0 Å². The summed E-state index contributed by atoms with van der Waals surface area (Å²) in [6, 6.07) is 16.1. The van der Waals surface area contributed by atoms with Crippen molar-refractivity contribution in [2.24, 2.45) is 5.92 Å². The zero-order valence-electron chi connectivity index (χ0n) is 15.7. The first-order valence-corrected chi connectivity index (χ1v) is 10.0. The molecule has 1 aliphatic rings. The van der Waals surface area contributed by atoms with Crippen molar-refractivity contribution in [3.8, 4) is 17.5 Å². The van der Waals surface area contributed by atoms with Gasteiger partial charge in [-0.15, -0.1) is 0 Å². The predicted octanol–water partition coefficient (Wildman–Crippen LogP) is 6.30. The van der Waals surface area contributed by atoms with Crippen LogP contribution in [0.15, 0.2) is 48.5 Å². The molecule has 2 aromatic carbocycles. The third-order valence-electron chi connectivity index (χ3n) is 5.22. The molecule has 0 saturated heterocycles. The highest BCUT2D eigenvalue weighted by molar-refractivity contribution is 5.75. The van der Waals surface area contributed by atoms with Crippen molar-refractivity contribution in [2.45, 2.75) is 44.9 Å². The molecule has 27 heavy (non-hydrogen) atoms. The SMILES string of the molecule is [CH](CCOc1ccc(Oc2nc3ccccc3[nH]2)cc1)CC1CCCCC1. The quantitative estimate of drug-likeness (QED) is 0.478. The van der Waals surface area contributed by atoms with Crippen LogP contribution in [-0.2, 0) is 0 Å². The van der Waals surface area contributed by atoms with Gasteiger partial charge in [-0.1, -0.05) is 44.2 Å². The van der Waals surface area contributed by atoms with Crippen LogP contribution < -0.4 is 9.47 Å². The molecule has 1 aromatic heterocycles. The van der Waals surface area contributed by atoms with Crippen molar-refractivity contribution in [3.63, 3.8) is 0 Å². The Bertz CT molecular complexity index is 802. The van der Waals surface area contributed by atoms with Gasteiger partial charge in [-0.3, -0.25) is 0 Å². The minimum atomic E-state index is 0.502. The van der Waals surface area contributed by atoms with E-state index in [2.05, 4.69) is 16.4 Å². The minimum Gasteiger partial charge on any atom is -0.494 e. The number of aromatic nitrogens is 2. The third kappa shape index (κ3) is 5.03. The van der Waals surface area contributed by atoms with Gasteiger partial charge in [0.1, 0.15) is 11.5 Å². The molecule has 4 rings (SSSR count). The van der Waals surface area contributed by atoms with Gasteiger partial charge in [0.15, 0.2) is 0 Å². The number of hydrogen-bond donors (Lipinski definition) is 1. The molecular formula is C23H27N2O2. The summed E-state index contributed by atoms with van der Waals surface area (Å²) in [7, 11) is 0. The minimum absolute atomic E-state index is 0.502. The van der Waals surface area contributed by atoms with E-state index in [0.717, 1.165) is 41.5 Å². The van der Waals surface area contributed by atoms with Crippen LogP contribution in [0.5, 0.6) is 17.5 Å². The Morgan fingerprint density at radius 2 is 1.74 bits per heavy atom. The number of fused-ring (bicyclic) bond motifs is 1. The molecule has 1 saturated carbocycles. The fourth-order valence-electron chi connectivity index (χ4n) is 3.73. The van der Waals surface area contributed by atoms with E-state index in [1.54, 1.807) is 0 Å². The summed E-state index contributed by atoms with van der Waals surface area (Å²) in [5, 5.41) is 0. The van der Waals surface area contributed by atoms with Crippen molar-refractivity contribution < 1.29 is 9.47 Å². The molecule has 0 atom stereocenters. The zero-order valence-corrected chi connectivity index (χ0v) is 15.7. The number of imidazole rings is 1.